The summed E-state index contributed by atoms with van der Waals surface area (Å²) in [4.78, 5) is 0. The average Bonchev–Trinajstić information content (AvgIpc) is 2.69. The Labute approximate surface area is 111 Å². The molecule has 1 radical (unpaired) electrons. The van der Waals surface area contributed by atoms with Gasteiger partial charge in [-0.3, -0.25) is 4.68 Å². The molecule has 0 aliphatic carbocycles. The maximum absolute atomic E-state index is 4.21. The first-order chi connectivity index (χ1) is 7.07. The summed E-state index contributed by atoms with van der Waals surface area (Å²) in [5.41, 5.74) is 1.02. The molecule has 0 fully saturated rings. The van der Waals surface area contributed by atoms with E-state index in [1.165, 1.54) is 5.30 Å². The van der Waals surface area contributed by atoms with Crippen molar-refractivity contribution in [1.29, 1.82) is 0 Å². The summed E-state index contributed by atoms with van der Waals surface area (Å²) in [6.45, 7) is 6.94. The van der Waals surface area contributed by atoms with Crippen LogP contribution in [-0.2, 0) is 20.1 Å². The quantitative estimate of drug-likeness (QED) is 0.548. The third-order valence-corrected chi connectivity index (χ3v) is 4.12. The third-order valence-electron chi connectivity index (χ3n) is 2.30. The van der Waals surface area contributed by atoms with Crippen LogP contribution < -0.4 is 5.30 Å². The second kappa shape index (κ2) is 5.23. The number of rotatable bonds is 2. The number of nitrogens with zero attached hydrogens (tertiary/aromatic N) is 2. The van der Waals surface area contributed by atoms with Gasteiger partial charge in [-0.25, -0.2) is 0 Å². The molecule has 0 aliphatic heterocycles. The maximum Gasteiger partial charge on any atom is 0.0510 e. The van der Waals surface area contributed by atoms with Gasteiger partial charge in [-0.05, 0) is 17.1 Å². The summed E-state index contributed by atoms with van der Waals surface area (Å²) in [6.07, 6.45) is 3.73. The standard InChI is InChI=1S/C12H15N2P.Ir/c1-15(2,3)12-7-4-6-11(10-12)14-9-5-8-13-14;/h4-5,7-10H,1-3H3;. The van der Waals surface area contributed by atoms with Gasteiger partial charge < -0.3 is 0 Å². The molecule has 1 heterocycles. The van der Waals surface area contributed by atoms with Crippen molar-refractivity contribution in [2.45, 2.75) is 0 Å². The van der Waals surface area contributed by atoms with Gasteiger partial charge in [0.15, 0.2) is 0 Å². The van der Waals surface area contributed by atoms with E-state index in [1.54, 1.807) is 6.20 Å². The van der Waals surface area contributed by atoms with E-state index < -0.39 is 7.26 Å². The fourth-order valence-corrected chi connectivity index (χ4v) is 2.43. The Morgan fingerprint density at radius 2 is 2.06 bits per heavy atom. The van der Waals surface area contributed by atoms with Crippen molar-refractivity contribution in [2.75, 3.05) is 20.0 Å². The number of hydrogen-bond acceptors (Lipinski definition) is 1. The van der Waals surface area contributed by atoms with Crippen LogP contribution in [0.3, 0.4) is 0 Å². The predicted octanol–water partition coefficient (Wildman–Crippen LogP) is 2.20. The van der Waals surface area contributed by atoms with E-state index in [4.69, 9.17) is 0 Å². The van der Waals surface area contributed by atoms with Crippen LogP contribution in [0, 0.1) is 6.07 Å². The molecule has 16 heavy (non-hydrogen) atoms. The molecule has 87 valence electrons. The van der Waals surface area contributed by atoms with Crippen LogP contribution in [-0.4, -0.2) is 29.8 Å². The Morgan fingerprint density at radius 3 is 2.62 bits per heavy atom. The second-order valence-corrected chi connectivity index (χ2v) is 8.94. The molecular weight excluding hydrogens is 395 g/mol. The Balaban J connectivity index is 0.00000128. The zero-order chi connectivity index (χ0) is 10.9. The molecule has 2 aromatic rings. The van der Waals surface area contributed by atoms with Gasteiger partial charge >= 0.3 is 0 Å². The zero-order valence-electron chi connectivity index (χ0n) is 9.64. The molecule has 0 bridgehead atoms. The molecule has 0 saturated heterocycles. The maximum atomic E-state index is 4.21. The molecule has 0 N–H and O–H groups in total. The van der Waals surface area contributed by atoms with Gasteiger partial charge in [-0.2, -0.15) is 17.2 Å². The summed E-state index contributed by atoms with van der Waals surface area (Å²) < 4.78 is 1.85. The van der Waals surface area contributed by atoms with Gasteiger partial charge in [-0.15, -0.1) is 12.1 Å². The van der Waals surface area contributed by atoms with Crippen LogP contribution in [0.25, 0.3) is 5.69 Å². The first-order valence-corrected chi connectivity index (χ1v) is 8.04. The monoisotopic (exact) mass is 411 g/mol. The minimum atomic E-state index is -0.958. The fraction of sp³-hybridized carbons (Fsp3) is 0.250. The normalized spacial score (nSPS) is 10.9. The Kier molecular flexibility index (Phi) is 4.43. The van der Waals surface area contributed by atoms with E-state index in [-0.39, 0.29) is 20.1 Å². The van der Waals surface area contributed by atoms with Gasteiger partial charge in [0.25, 0.3) is 0 Å². The molecule has 0 unspecified atom stereocenters. The van der Waals surface area contributed by atoms with Crippen molar-refractivity contribution in [3.05, 3.63) is 42.7 Å². The molecule has 0 saturated carbocycles. The molecule has 1 aromatic heterocycles. The Hall–Kier alpha value is -0.491. The smallest absolute Gasteiger partial charge is 0.0510 e. The molecular formula is C12H15IrN2P. The predicted molar refractivity (Wildman–Crippen MR) is 66.7 cm³/mol. The van der Waals surface area contributed by atoms with Crippen LogP contribution >= 0.6 is 7.26 Å². The first kappa shape index (κ1) is 13.6. The van der Waals surface area contributed by atoms with E-state index in [9.17, 15) is 0 Å². The Bertz CT molecular complexity index is 446. The molecule has 2 nitrogen and oxygen atoms in total. The minimum absolute atomic E-state index is 0. The van der Waals surface area contributed by atoms with Crippen LogP contribution in [0.15, 0.2) is 36.7 Å². The zero-order valence-corrected chi connectivity index (χ0v) is 12.9. The summed E-state index contributed by atoms with van der Waals surface area (Å²) in [5, 5.41) is 5.62. The van der Waals surface area contributed by atoms with Gasteiger partial charge in [-0.1, -0.05) is 0 Å². The molecule has 0 spiro atoms. The van der Waals surface area contributed by atoms with Crippen LogP contribution in [0.4, 0.5) is 0 Å². The molecule has 4 heteroatoms. The molecule has 0 aliphatic rings. The fourth-order valence-electron chi connectivity index (χ4n) is 1.40. The second-order valence-electron chi connectivity index (χ2n) is 4.40. The van der Waals surface area contributed by atoms with Gasteiger partial charge in [0, 0.05) is 39.8 Å². The largest absolute Gasteiger partial charge is 0.266 e. The van der Waals surface area contributed by atoms with Gasteiger partial charge in [0.1, 0.15) is 0 Å². The topological polar surface area (TPSA) is 17.8 Å². The summed E-state index contributed by atoms with van der Waals surface area (Å²) >= 11 is 0. The average molecular weight is 410 g/mol. The number of aromatic nitrogens is 2. The van der Waals surface area contributed by atoms with E-state index in [0.717, 1.165) is 5.69 Å². The summed E-state index contributed by atoms with van der Waals surface area (Å²) in [6, 6.07) is 11.4. The minimum Gasteiger partial charge on any atom is -0.266 e. The summed E-state index contributed by atoms with van der Waals surface area (Å²) in [7, 11) is -0.958. The number of benzene rings is 1. The van der Waals surface area contributed by atoms with E-state index in [0.29, 0.717) is 0 Å². The van der Waals surface area contributed by atoms with Gasteiger partial charge in [0.05, 0.1) is 20.0 Å². The van der Waals surface area contributed by atoms with Crippen molar-refractivity contribution < 1.29 is 20.1 Å². The molecule has 0 amide bonds. The van der Waals surface area contributed by atoms with Crippen molar-refractivity contribution >= 4 is 12.6 Å². The van der Waals surface area contributed by atoms with E-state index >= 15 is 0 Å². The van der Waals surface area contributed by atoms with Gasteiger partial charge in [0.2, 0.25) is 0 Å². The van der Waals surface area contributed by atoms with Crippen molar-refractivity contribution in [3.8, 4) is 5.69 Å². The van der Waals surface area contributed by atoms with Crippen molar-refractivity contribution in [2.24, 2.45) is 0 Å². The van der Waals surface area contributed by atoms with Crippen LogP contribution in [0.5, 0.6) is 0 Å². The molecule has 2 rings (SSSR count). The van der Waals surface area contributed by atoms with Crippen LogP contribution in [0.2, 0.25) is 0 Å². The van der Waals surface area contributed by atoms with Crippen molar-refractivity contribution in [1.82, 2.24) is 9.78 Å². The molecule has 0 atom stereocenters. The third kappa shape index (κ3) is 3.01. The van der Waals surface area contributed by atoms with Crippen molar-refractivity contribution in [3.63, 3.8) is 0 Å². The SMILES string of the molecule is C[P+](C)(C)c1cc[c-]c(-n2cccn2)c1.[Ir]. The number of hydrogen-bond donors (Lipinski definition) is 0. The van der Waals surface area contributed by atoms with E-state index in [2.05, 4.69) is 43.3 Å². The van der Waals surface area contributed by atoms with E-state index in [1.807, 2.05) is 23.0 Å². The van der Waals surface area contributed by atoms with Crippen LogP contribution in [0.1, 0.15) is 0 Å². The first-order valence-electron chi connectivity index (χ1n) is 4.91. The Morgan fingerprint density at radius 1 is 1.31 bits per heavy atom. The summed E-state index contributed by atoms with van der Waals surface area (Å²) in [5.74, 6) is 0. The molecule has 1 aromatic carbocycles.